The van der Waals surface area contributed by atoms with Gasteiger partial charge in [0.1, 0.15) is 5.82 Å². The van der Waals surface area contributed by atoms with Crippen LogP contribution in [0.15, 0.2) is 4.34 Å². The van der Waals surface area contributed by atoms with E-state index in [-0.39, 0.29) is 6.29 Å². The molecule has 0 unspecified atom stereocenters. The molecule has 0 spiro atoms. The summed E-state index contributed by atoms with van der Waals surface area (Å²) in [6.07, 6.45) is 0.712. The van der Waals surface area contributed by atoms with Gasteiger partial charge in [-0.15, -0.1) is 0 Å². The predicted molar refractivity (Wildman–Crippen MR) is 57.8 cm³/mol. The summed E-state index contributed by atoms with van der Waals surface area (Å²) in [5, 5.41) is 0. The number of hydrogen-bond donors (Lipinski definition) is 0. The Hall–Kier alpha value is -0.170. The number of nitrogens with zero attached hydrogens (tertiary/aromatic N) is 2. The topological polar surface area (TPSA) is 44.2 Å². The number of aryl methyl sites for hydroxylation is 1. The van der Waals surface area contributed by atoms with Gasteiger partial charge < -0.3 is 9.47 Å². The molecule has 0 amide bonds. The first-order chi connectivity index (χ1) is 6.80. The molecular weight excluding hydrogens is 220 g/mol. The molecule has 1 heterocycles. The minimum absolute atomic E-state index is 0.172. The van der Waals surface area contributed by atoms with E-state index in [1.54, 1.807) is 26.0 Å². The number of rotatable bonds is 6. The lowest BCUT2D eigenvalue weighted by molar-refractivity contribution is -0.0842. The number of ether oxygens (including phenoxy) is 2. The van der Waals surface area contributed by atoms with Crippen LogP contribution in [0, 0.1) is 0 Å². The fourth-order valence-electron chi connectivity index (χ4n) is 0.812. The molecular formula is C8H14N2O2S2. The van der Waals surface area contributed by atoms with Gasteiger partial charge in [0.2, 0.25) is 0 Å². The van der Waals surface area contributed by atoms with Crippen LogP contribution in [-0.4, -0.2) is 35.6 Å². The van der Waals surface area contributed by atoms with E-state index in [2.05, 4.69) is 9.36 Å². The zero-order valence-electron chi connectivity index (χ0n) is 8.52. The van der Waals surface area contributed by atoms with Gasteiger partial charge in [-0.25, -0.2) is 4.98 Å². The van der Waals surface area contributed by atoms with Gasteiger partial charge in [-0.2, -0.15) is 4.37 Å². The fourth-order valence-corrected chi connectivity index (χ4v) is 2.56. The number of thioether (sulfide) groups is 1. The minimum atomic E-state index is -0.172. The van der Waals surface area contributed by atoms with Crippen LogP contribution in [0.2, 0.25) is 0 Å². The maximum absolute atomic E-state index is 5.07. The fraction of sp³-hybridized carbons (Fsp3) is 0.750. The highest BCUT2D eigenvalue weighted by atomic mass is 32.2. The normalized spacial score (nSPS) is 11.1. The Balaban J connectivity index is 2.37. The average Bonchev–Trinajstić information content (AvgIpc) is 2.67. The van der Waals surface area contributed by atoms with Crippen LogP contribution in [0.3, 0.4) is 0 Å². The van der Waals surface area contributed by atoms with Crippen molar-refractivity contribution in [2.75, 3.05) is 20.0 Å². The van der Waals surface area contributed by atoms with Crippen LogP contribution in [-0.2, 0) is 15.9 Å². The molecule has 1 aromatic heterocycles. The van der Waals surface area contributed by atoms with Crippen LogP contribution in [0.25, 0.3) is 0 Å². The first kappa shape index (κ1) is 11.9. The molecule has 0 saturated heterocycles. The van der Waals surface area contributed by atoms with Crippen molar-refractivity contribution in [3.63, 3.8) is 0 Å². The van der Waals surface area contributed by atoms with Crippen molar-refractivity contribution < 1.29 is 9.47 Å². The predicted octanol–water partition coefficient (Wildman–Crippen LogP) is 1.81. The van der Waals surface area contributed by atoms with E-state index >= 15 is 0 Å². The van der Waals surface area contributed by atoms with Gasteiger partial charge in [0, 0.05) is 20.6 Å². The summed E-state index contributed by atoms with van der Waals surface area (Å²) in [6, 6.07) is 0. The van der Waals surface area contributed by atoms with Crippen LogP contribution in [0.1, 0.15) is 12.7 Å². The molecule has 0 bridgehead atoms. The third-order valence-electron chi connectivity index (χ3n) is 1.63. The Morgan fingerprint density at radius 3 is 2.64 bits per heavy atom. The van der Waals surface area contributed by atoms with E-state index in [0.717, 1.165) is 22.3 Å². The van der Waals surface area contributed by atoms with Gasteiger partial charge in [0.05, 0.1) is 5.75 Å². The van der Waals surface area contributed by atoms with E-state index in [1.165, 1.54) is 11.5 Å². The van der Waals surface area contributed by atoms with Crippen molar-refractivity contribution in [2.45, 2.75) is 24.0 Å². The van der Waals surface area contributed by atoms with Gasteiger partial charge >= 0.3 is 0 Å². The quantitative estimate of drug-likeness (QED) is 0.555. The van der Waals surface area contributed by atoms with Crippen molar-refractivity contribution in [1.82, 2.24) is 9.36 Å². The summed E-state index contributed by atoms with van der Waals surface area (Å²) in [5.41, 5.74) is 0. The first-order valence-corrected chi connectivity index (χ1v) is 6.07. The van der Waals surface area contributed by atoms with Crippen LogP contribution >= 0.6 is 23.3 Å². The molecule has 14 heavy (non-hydrogen) atoms. The lowest BCUT2D eigenvalue weighted by Crippen LogP contribution is -2.15. The van der Waals surface area contributed by atoms with Crippen LogP contribution in [0.5, 0.6) is 0 Å². The zero-order valence-corrected chi connectivity index (χ0v) is 10.2. The molecule has 0 radical (unpaired) electrons. The first-order valence-electron chi connectivity index (χ1n) is 4.31. The molecule has 1 aromatic rings. The lowest BCUT2D eigenvalue weighted by atomic mass is 10.5. The third kappa shape index (κ3) is 3.53. The van der Waals surface area contributed by atoms with Gasteiger partial charge in [-0.3, -0.25) is 0 Å². The second-order valence-electron chi connectivity index (χ2n) is 2.54. The highest BCUT2D eigenvalue weighted by Crippen LogP contribution is 2.21. The monoisotopic (exact) mass is 234 g/mol. The second-order valence-corrected chi connectivity index (χ2v) is 4.56. The molecule has 0 fully saturated rings. The summed E-state index contributed by atoms with van der Waals surface area (Å²) in [4.78, 5) is 4.33. The maximum Gasteiger partial charge on any atom is 0.170 e. The van der Waals surface area contributed by atoms with Crippen molar-refractivity contribution in [2.24, 2.45) is 0 Å². The average molecular weight is 234 g/mol. The SMILES string of the molecule is CCc1nsc(SCC(OC)OC)n1. The highest BCUT2D eigenvalue weighted by molar-refractivity contribution is 8.00. The van der Waals surface area contributed by atoms with E-state index in [0.29, 0.717) is 0 Å². The summed E-state index contributed by atoms with van der Waals surface area (Å²) in [7, 11) is 3.26. The summed E-state index contributed by atoms with van der Waals surface area (Å²) >= 11 is 3.04. The Morgan fingerprint density at radius 1 is 1.43 bits per heavy atom. The minimum Gasteiger partial charge on any atom is -0.355 e. The largest absolute Gasteiger partial charge is 0.355 e. The maximum atomic E-state index is 5.07. The molecule has 0 N–H and O–H groups in total. The van der Waals surface area contributed by atoms with Crippen LogP contribution < -0.4 is 0 Å². The molecule has 6 heteroatoms. The van der Waals surface area contributed by atoms with Crippen molar-refractivity contribution in [3.05, 3.63) is 5.82 Å². The smallest absolute Gasteiger partial charge is 0.170 e. The molecule has 0 saturated carbocycles. The second kappa shape index (κ2) is 6.34. The van der Waals surface area contributed by atoms with Crippen molar-refractivity contribution in [1.29, 1.82) is 0 Å². The molecule has 1 rings (SSSR count). The van der Waals surface area contributed by atoms with E-state index in [1.807, 2.05) is 6.92 Å². The molecule has 0 aromatic carbocycles. The molecule has 0 aliphatic heterocycles. The molecule has 0 aliphatic carbocycles. The Bertz CT molecular complexity index is 264. The highest BCUT2D eigenvalue weighted by Gasteiger charge is 2.08. The van der Waals surface area contributed by atoms with E-state index in [9.17, 15) is 0 Å². The van der Waals surface area contributed by atoms with Crippen LogP contribution in [0.4, 0.5) is 0 Å². The van der Waals surface area contributed by atoms with E-state index in [4.69, 9.17) is 9.47 Å². The number of hydrogen-bond acceptors (Lipinski definition) is 6. The zero-order chi connectivity index (χ0) is 10.4. The number of methoxy groups -OCH3 is 2. The lowest BCUT2D eigenvalue weighted by Gasteiger charge is -2.10. The van der Waals surface area contributed by atoms with Gasteiger partial charge in [-0.05, 0) is 11.5 Å². The Kier molecular flexibility index (Phi) is 5.39. The van der Waals surface area contributed by atoms with Gasteiger partial charge in [-0.1, -0.05) is 18.7 Å². The summed E-state index contributed by atoms with van der Waals surface area (Å²) in [6.45, 7) is 2.05. The molecule has 4 nitrogen and oxygen atoms in total. The molecule has 80 valence electrons. The Morgan fingerprint density at radius 2 is 2.14 bits per heavy atom. The van der Waals surface area contributed by atoms with Crippen molar-refractivity contribution in [3.8, 4) is 0 Å². The van der Waals surface area contributed by atoms with E-state index < -0.39 is 0 Å². The van der Waals surface area contributed by atoms with Gasteiger partial charge in [0.15, 0.2) is 10.6 Å². The molecule has 0 atom stereocenters. The van der Waals surface area contributed by atoms with Gasteiger partial charge in [0.25, 0.3) is 0 Å². The summed E-state index contributed by atoms with van der Waals surface area (Å²) in [5.74, 6) is 1.65. The third-order valence-corrected chi connectivity index (χ3v) is 3.54. The summed E-state index contributed by atoms with van der Waals surface area (Å²) < 4.78 is 15.3. The number of aromatic nitrogens is 2. The standard InChI is InChI=1S/C8H14N2O2S2/c1-4-6-9-8(14-10-6)13-5-7(11-2)12-3/h7H,4-5H2,1-3H3. The van der Waals surface area contributed by atoms with Crippen molar-refractivity contribution >= 4 is 23.3 Å². The molecule has 0 aliphatic rings. The Labute approximate surface area is 92.2 Å².